The summed E-state index contributed by atoms with van der Waals surface area (Å²) in [4.78, 5) is 26.3. The third kappa shape index (κ3) is 6.11. The molecule has 6 nitrogen and oxygen atoms in total. The van der Waals surface area contributed by atoms with Gasteiger partial charge in [-0.3, -0.25) is 9.59 Å². The van der Waals surface area contributed by atoms with Crippen LogP contribution in [0.25, 0.3) is 0 Å². The van der Waals surface area contributed by atoms with E-state index < -0.39 is 23.4 Å². The van der Waals surface area contributed by atoms with Crippen molar-refractivity contribution in [2.45, 2.75) is 76.9 Å². The number of carbonyl (C=O) groups is 2. The summed E-state index contributed by atoms with van der Waals surface area (Å²) in [5, 5.41) is 20.5. The van der Waals surface area contributed by atoms with Crippen LogP contribution < -0.4 is 0 Å². The number of likely N-dealkylation sites (N-methyl/N-ethyl adjacent to an activating group) is 1. The minimum Gasteiger partial charge on any atom is -0.388 e. The van der Waals surface area contributed by atoms with E-state index in [-0.39, 0.29) is 17.3 Å². The molecule has 4 aliphatic carbocycles. The summed E-state index contributed by atoms with van der Waals surface area (Å²) in [5.74, 6) is 1.26. The van der Waals surface area contributed by atoms with Gasteiger partial charge < -0.3 is 19.8 Å². The number of ketones is 2. The molecule has 0 radical (unpaired) electrons. The van der Waals surface area contributed by atoms with E-state index in [4.69, 9.17) is 4.74 Å². The topological polar surface area (TPSA) is 87.1 Å². The molecule has 0 saturated heterocycles. The third-order valence-corrected chi connectivity index (χ3v) is 11.7. The van der Waals surface area contributed by atoms with E-state index in [1.165, 1.54) is 16.7 Å². The van der Waals surface area contributed by atoms with E-state index in [1.807, 2.05) is 18.2 Å². The predicted octanol–water partition coefficient (Wildman–Crippen LogP) is 6.17. The molecular weight excluding hydrogens is 550 g/mol. The quantitative estimate of drug-likeness (QED) is 0.377. The standard InChI is InChI=1S/C21H30O4.C17H21NO/c1-19-8-5-14(23)11-13(19)3-4-15-16(19)6-9-20(2)17(15)7-10-21(20,25)18(24)12-22;1-18(2)13-14-19-17(15-9-5-3-6-10-15)16-11-7-4-8-12-16/h11,15-17,22,25H,3-10,12H2,1-2H3;3-12,17H,13-14H2,1-2H3/t15-,16+,17+,19+,20+,21+;/m1./s1. The van der Waals surface area contributed by atoms with Gasteiger partial charge in [-0.15, -0.1) is 0 Å². The van der Waals surface area contributed by atoms with Crippen molar-refractivity contribution in [1.29, 1.82) is 0 Å². The van der Waals surface area contributed by atoms with Gasteiger partial charge in [-0.25, -0.2) is 0 Å². The minimum atomic E-state index is -1.36. The molecule has 238 valence electrons. The lowest BCUT2D eigenvalue weighted by Gasteiger charge is -2.58. The molecule has 2 aromatic carbocycles. The van der Waals surface area contributed by atoms with Crippen molar-refractivity contribution in [1.82, 2.24) is 4.90 Å². The van der Waals surface area contributed by atoms with Gasteiger partial charge in [0.2, 0.25) is 0 Å². The molecule has 0 unspecified atom stereocenters. The number of allylic oxidation sites excluding steroid dienone is 1. The predicted molar refractivity (Wildman–Crippen MR) is 173 cm³/mol. The molecule has 3 saturated carbocycles. The van der Waals surface area contributed by atoms with Gasteiger partial charge in [-0.1, -0.05) is 80.1 Å². The summed E-state index contributed by atoms with van der Waals surface area (Å²) < 4.78 is 6.08. The zero-order valence-electron chi connectivity index (χ0n) is 27.0. The van der Waals surface area contributed by atoms with Crippen LogP contribution in [0.5, 0.6) is 0 Å². The maximum Gasteiger partial charge on any atom is 0.190 e. The molecule has 0 aliphatic heterocycles. The molecule has 0 spiro atoms. The van der Waals surface area contributed by atoms with Gasteiger partial charge in [-0.05, 0) is 99.4 Å². The van der Waals surface area contributed by atoms with E-state index in [9.17, 15) is 19.8 Å². The summed E-state index contributed by atoms with van der Waals surface area (Å²) in [6, 6.07) is 20.8. The number of carbonyl (C=O) groups excluding carboxylic acids is 2. The fraction of sp³-hybridized carbons (Fsp3) is 0.579. The molecule has 0 bridgehead atoms. The highest BCUT2D eigenvalue weighted by atomic mass is 16.5. The summed E-state index contributed by atoms with van der Waals surface area (Å²) in [7, 11) is 4.12. The molecule has 6 rings (SSSR count). The maximum atomic E-state index is 12.3. The van der Waals surface area contributed by atoms with Crippen LogP contribution in [0.15, 0.2) is 72.3 Å². The van der Waals surface area contributed by atoms with Crippen molar-refractivity contribution in [3.63, 3.8) is 0 Å². The molecule has 4 aliphatic rings. The lowest BCUT2D eigenvalue weighted by molar-refractivity contribution is -0.164. The van der Waals surface area contributed by atoms with Crippen LogP contribution in [-0.4, -0.2) is 66.1 Å². The van der Waals surface area contributed by atoms with Crippen molar-refractivity contribution < 1.29 is 24.5 Å². The van der Waals surface area contributed by atoms with Gasteiger partial charge >= 0.3 is 0 Å². The minimum absolute atomic E-state index is 0.0161. The highest BCUT2D eigenvalue weighted by Crippen LogP contribution is 2.67. The highest BCUT2D eigenvalue weighted by molar-refractivity contribution is 5.91. The van der Waals surface area contributed by atoms with Crippen molar-refractivity contribution in [3.8, 4) is 0 Å². The first-order valence-corrected chi connectivity index (χ1v) is 16.5. The second-order valence-electron chi connectivity index (χ2n) is 14.3. The number of aliphatic hydroxyl groups excluding tert-OH is 1. The van der Waals surface area contributed by atoms with Crippen LogP contribution >= 0.6 is 0 Å². The number of hydrogen-bond acceptors (Lipinski definition) is 6. The number of benzene rings is 2. The first-order chi connectivity index (χ1) is 21.0. The van der Waals surface area contributed by atoms with Gasteiger partial charge in [-0.2, -0.15) is 0 Å². The number of hydrogen-bond donors (Lipinski definition) is 2. The number of rotatable bonds is 8. The molecule has 6 heteroatoms. The molecule has 2 aromatic rings. The van der Waals surface area contributed by atoms with Gasteiger partial charge in [0.15, 0.2) is 11.6 Å². The number of Topliss-reactive ketones (excluding diaryl/α,β-unsaturated/α-hetero) is 1. The normalized spacial score (nSPS) is 32.7. The Morgan fingerprint density at radius 1 is 0.909 bits per heavy atom. The Morgan fingerprint density at radius 3 is 2.11 bits per heavy atom. The summed E-state index contributed by atoms with van der Waals surface area (Å²) in [6.45, 7) is 5.49. The van der Waals surface area contributed by atoms with E-state index in [1.54, 1.807) is 0 Å². The van der Waals surface area contributed by atoms with Crippen molar-refractivity contribution >= 4 is 11.6 Å². The average molecular weight is 602 g/mol. The monoisotopic (exact) mass is 601 g/mol. The van der Waals surface area contributed by atoms with Crippen LogP contribution in [0.3, 0.4) is 0 Å². The Hall–Kier alpha value is -2.64. The Labute approximate surface area is 263 Å². The zero-order valence-corrected chi connectivity index (χ0v) is 27.0. The molecule has 0 amide bonds. The van der Waals surface area contributed by atoms with E-state index in [0.717, 1.165) is 51.7 Å². The third-order valence-electron chi connectivity index (χ3n) is 11.7. The smallest absolute Gasteiger partial charge is 0.190 e. The average Bonchev–Trinajstić information content (AvgIpc) is 3.31. The fourth-order valence-corrected chi connectivity index (χ4v) is 9.16. The molecule has 0 heterocycles. The largest absolute Gasteiger partial charge is 0.388 e. The van der Waals surface area contributed by atoms with Gasteiger partial charge in [0.05, 0.1) is 6.61 Å². The van der Waals surface area contributed by atoms with Crippen molar-refractivity contribution in [3.05, 3.63) is 83.4 Å². The summed E-state index contributed by atoms with van der Waals surface area (Å²) >= 11 is 0. The lowest BCUT2D eigenvalue weighted by atomic mass is 9.46. The second-order valence-corrected chi connectivity index (χ2v) is 14.3. The number of ether oxygens (including phenoxy) is 1. The SMILES string of the molecule is CN(C)CCOC(c1ccccc1)c1ccccc1.C[C@]12CCC(=O)C=C1CC[C@@H]1[C@@H]2CC[C@@]2(C)[C@H]1CC[C@]2(O)C(=O)CO. The molecule has 3 fully saturated rings. The maximum absolute atomic E-state index is 12.3. The van der Waals surface area contributed by atoms with E-state index in [0.29, 0.717) is 30.6 Å². The molecule has 0 aromatic heterocycles. The summed E-state index contributed by atoms with van der Waals surface area (Å²) in [5.41, 5.74) is 2.07. The van der Waals surface area contributed by atoms with Crippen LogP contribution in [0.4, 0.5) is 0 Å². The van der Waals surface area contributed by atoms with Gasteiger partial charge in [0.25, 0.3) is 0 Å². The van der Waals surface area contributed by atoms with E-state index >= 15 is 0 Å². The van der Waals surface area contributed by atoms with Gasteiger partial charge in [0, 0.05) is 18.4 Å². The Morgan fingerprint density at radius 2 is 1.52 bits per heavy atom. The first-order valence-electron chi connectivity index (χ1n) is 16.5. The number of aliphatic hydroxyl groups is 2. The number of nitrogens with zero attached hydrogens (tertiary/aromatic N) is 1. The Kier molecular flexibility index (Phi) is 9.96. The van der Waals surface area contributed by atoms with Crippen LogP contribution in [0.1, 0.15) is 82.4 Å². The number of fused-ring (bicyclic) bond motifs is 5. The Bertz CT molecular complexity index is 1290. The molecule has 44 heavy (non-hydrogen) atoms. The highest BCUT2D eigenvalue weighted by Gasteiger charge is 2.66. The summed E-state index contributed by atoms with van der Waals surface area (Å²) in [6.07, 6.45) is 8.74. The van der Waals surface area contributed by atoms with Gasteiger partial charge in [0.1, 0.15) is 18.3 Å². The van der Waals surface area contributed by atoms with Crippen molar-refractivity contribution in [2.24, 2.45) is 28.6 Å². The second kappa shape index (κ2) is 13.4. The van der Waals surface area contributed by atoms with E-state index in [2.05, 4.69) is 81.4 Å². The first kappa shape index (κ1) is 32.7. The Balaban J connectivity index is 0.000000182. The fourth-order valence-electron chi connectivity index (χ4n) is 9.16. The van der Waals surface area contributed by atoms with Crippen molar-refractivity contribution in [2.75, 3.05) is 33.9 Å². The van der Waals surface area contributed by atoms with Crippen LogP contribution in [0, 0.1) is 28.6 Å². The molecule has 6 atom stereocenters. The van der Waals surface area contributed by atoms with Crippen LogP contribution in [-0.2, 0) is 14.3 Å². The molecule has 2 N–H and O–H groups in total. The lowest BCUT2D eigenvalue weighted by Crippen LogP contribution is -2.58. The zero-order chi connectivity index (χ0) is 31.5. The van der Waals surface area contributed by atoms with Crippen LogP contribution in [0.2, 0.25) is 0 Å². The molecular formula is C38H51NO5.